The molecule has 0 aliphatic carbocycles. The van der Waals surface area contributed by atoms with Crippen LogP contribution in [0.2, 0.25) is 0 Å². The molecule has 0 aromatic heterocycles. The standard InChI is InChI=1S/C32H26N4O.Pt/c1-32(2)25-10-8-12-27(20-25)37-26-11-7-9-24(19-26)21-35-22-33(28-13-3-4-14-29(28)35)17-18-34-23-36(32)31-16-6-5-15-30(31)34;/h3-16H,17-18,21H2,1-2H3;/q-2;. The van der Waals surface area contributed by atoms with Crippen molar-refractivity contribution in [3.05, 3.63) is 108 Å². The molecule has 192 valence electrons. The Morgan fingerprint density at radius 1 is 0.658 bits per heavy atom. The number of rotatable bonds is 0. The molecule has 0 fully saturated rings. The number of para-hydroxylation sites is 4. The van der Waals surface area contributed by atoms with E-state index in [4.69, 9.17) is 4.74 Å². The fraction of sp³-hybridized carbons (Fsp3) is 0.188. The van der Waals surface area contributed by atoms with E-state index in [2.05, 4.69) is 118 Å². The van der Waals surface area contributed by atoms with Gasteiger partial charge < -0.3 is 0 Å². The molecule has 0 saturated heterocycles. The Labute approximate surface area is 231 Å². The number of nitrogens with zero attached hydrogens (tertiary/aromatic N) is 4. The van der Waals surface area contributed by atoms with E-state index in [1.807, 2.05) is 12.1 Å². The summed E-state index contributed by atoms with van der Waals surface area (Å²) in [5, 5.41) is 0. The van der Waals surface area contributed by atoms with Crippen molar-refractivity contribution in [1.29, 1.82) is 0 Å². The van der Waals surface area contributed by atoms with Crippen LogP contribution in [0.25, 0.3) is 0 Å². The van der Waals surface area contributed by atoms with Gasteiger partial charge in [-0.25, -0.2) is 0 Å². The predicted octanol–water partition coefficient (Wildman–Crippen LogP) is 5.75. The van der Waals surface area contributed by atoms with Crippen molar-refractivity contribution in [2.24, 2.45) is 0 Å². The second-order valence-corrected chi connectivity index (χ2v) is 13.0. The van der Waals surface area contributed by atoms with Gasteiger partial charge in [0.05, 0.1) is 0 Å². The number of benzene rings is 4. The first-order valence-electron chi connectivity index (χ1n) is 12.9. The van der Waals surface area contributed by atoms with E-state index < -0.39 is 17.6 Å². The Morgan fingerprint density at radius 3 is 2.03 bits per heavy atom. The Bertz CT molecular complexity index is 1690. The molecule has 4 aromatic carbocycles. The third kappa shape index (κ3) is 3.21. The SMILES string of the molecule is CC1(C)c2[c-]c(ccc2)Oc2[c-]c(ccc2)CN2[C]3=[Pt]=[C]4N(CCN3c3ccccc32)c2ccccc2N41. The summed E-state index contributed by atoms with van der Waals surface area (Å²) < 4.78 is 9.18. The molecule has 0 amide bonds. The molecule has 6 heteroatoms. The molecule has 38 heavy (non-hydrogen) atoms. The average molecular weight is 678 g/mol. The molecule has 0 saturated carbocycles. The molecule has 6 bridgehead atoms. The van der Waals surface area contributed by atoms with Crippen LogP contribution in [0, 0.1) is 12.1 Å². The Morgan fingerprint density at radius 2 is 1.26 bits per heavy atom. The van der Waals surface area contributed by atoms with Crippen molar-refractivity contribution in [2.75, 3.05) is 32.7 Å². The van der Waals surface area contributed by atoms with Gasteiger partial charge in [-0.3, -0.25) is 0 Å². The van der Waals surface area contributed by atoms with Crippen LogP contribution in [0.1, 0.15) is 25.0 Å². The fourth-order valence-electron chi connectivity index (χ4n) is 5.85. The topological polar surface area (TPSA) is 22.2 Å². The second-order valence-electron chi connectivity index (χ2n) is 10.4. The third-order valence-electron chi connectivity index (χ3n) is 7.72. The molecule has 5 nitrogen and oxygen atoms in total. The molecule has 0 spiro atoms. The zero-order valence-corrected chi connectivity index (χ0v) is 23.5. The minimum atomic E-state index is -0.562. The van der Waals surface area contributed by atoms with Crippen LogP contribution in [0.4, 0.5) is 22.7 Å². The molecule has 4 aliphatic heterocycles. The van der Waals surface area contributed by atoms with E-state index in [0.717, 1.165) is 42.3 Å². The van der Waals surface area contributed by atoms with E-state index >= 15 is 0 Å². The van der Waals surface area contributed by atoms with Gasteiger partial charge in [0, 0.05) is 0 Å². The van der Waals surface area contributed by atoms with Crippen molar-refractivity contribution >= 4 is 31.0 Å². The summed E-state index contributed by atoms with van der Waals surface area (Å²) in [7, 11) is 0. The molecule has 0 unspecified atom stereocenters. The Kier molecular flexibility index (Phi) is 4.79. The number of hydrogen-bond acceptors (Lipinski definition) is 5. The Balaban J connectivity index is 1.44. The quantitative estimate of drug-likeness (QED) is 0.221. The maximum absolute atomic E-state index is 6.34. The molecular weight excluding hydrogens is 651 g/mol. The molecule has 8 rings (SSSR count). The second kappa shape index (κ2) is 8.15. The van der Waals surface area contributed by atoms with Gasteiger partial charge in [-0.05, 0) is 0 Å². The number of hydrogen-bond donors (Lipinski definition) is 0. The number of fused-ring (bicyclic) bond motifs is 10. The van der Waals surface area contributed by atoms with Gasteiger partial charge in [0.15, 0.2) is 0 Å². The molecule has 0 atom stereocenters. The fourth-order valence-corrected chi connectivity index (χ4v) is 9.90. The van der Waals surface area contributed by atoms with Crippen LogP contribution < -0.4 is 24.3 Å². The summed E-state index contributed by atoms with van der Waals surface area (Å²) in [5.74, 6) is 1.44. The first-order valence-corrected chi connectivity index (χ1v) is 15.2. The van der Waals surface area contributed by atoms with Gasteiger partial charge >= 0.3 is 232 Å². The molecule has 4 aromatic rings. The van der Waals surface area contributed by atoms with E-state index in [9.17, 15) is 0 Å². The summed E-state index contributed by atoms with van der Waals surface area (Å²) in [6.45, 7) is 7.27. The summed E-state index contributed by atoms with van der Waals surface area (Å²) in [5.41, 5.74) is 7.05. The summed E-state index contributed by atoms with van der Waals surface area (Å²) in [6.07, 6.45) is 0. The van der Waals surface area contributed by atoms with Crippen LogP contribution in [0.3, 0.4) is 0 Å². The normalized spacial score (nSPS) is 18.7. The third-order valence-corrected chi connectivity index (χ3v) is 11.1. The van der Waals surface area contributed by atoms with Crippen LogP contribution in [0.5, 0.6) is 11.5 Å². The first kappa shape index (κ1) is 22.3. The van der Waals surface area contributed by atoms with Gasteiger partial charge in [0.1, 0.15) is 0 Å². The number of ether oxygens (including phenoxy) is 1. The predicted molar refractivity (Wildman–Crippen MR) is 150 cm³/mol. The average Bonchev–Trinajstić information content (AvgIpc) is 3.31. The van der Waals surface area contributed by atoms with Crippen LogP contribution in [-0.4, -0.2) is 21.4 Å². The molecule has 4 heterocycles. The minimum absolute atomic E-state index is 0.332. The molecule has 4 aliphatic rings. The van der Waals surface area contributed by atoms with Crippen LogP contribution >= 0.6 is 0 Å². The van der Waals surface area contributed by atoms with Gasteiger partial charge in [-0.15, -0.1) is 0 Å². The Hall–Kier alpha value is -3.69. The van der Waals surface area contributed by atoms with Gasteiger partial charge in [0.2, 0.25) is 0 Å². The van der Waals surface area contributed by atoms with E-state index in [1.165, 1.54) is 31.0 Å². The van der Waals surface area contributed by atoms with E-state index in [0.29, 0.717) is 0 Å². The molecule has 0 N–H and O–H groups in total. The zero-order chi connectivity index (χ0) is 25.4. The van der Waals surface area contributed by atoms with Crippen molar-refractivity contribution in [2.45, 2.75) is 25.9 Å². The summed E-state index contributed by atoms with van der Waals surface area (Å²) in [6, 6.07) is 37.3. The number of anilines is 4. The summed E-state index contributed by atoms with van der Waals surface area (Å²) >= 11 is -0.562. The van der Waals surface area contributed by atoms with Crippen molar-refractivity contribution in [1.82, 2.24) is 0 Å². The van der Waals surface area contributed by atoms with Gasteiger partial charge in [0.25, 0.3) is 0 Å². The van der Waals surface area contributed by atoms with Crippen molar-refractivity contribution in [3.8, 4) is 11.5 Å². The van der Waals surface area contributed by atoms with Gasteiger partial charge in [-0.2, -0.15) is 0 Å². The zero-order valence-electron chi connectivity index (χ0n) is 21.2. The van der Waals surface area contributed by atoms with Crippen LogP contribution in [-0.2, 0) is 29.7 Å². The van der Waals surface area contributed by atoms with Crippen molar-refractivity contribution < 1.29 is 22.4 Å². The van der Waals surface area contributed by atoms with E-state index in [-0.39, 0.29) is 5.54 Å². The molecule has 0 radical (unpaired) electrons. The maximum atomic E-state index is 6.34. The monoisotopic (exact) mass is 677 g/mol. The summed E-state index contributed by atoms with van der Waals surface area (Å²) in [4.78, 5) is 10.3. The van der Waals surface area contributed by atoms with E-state index in [1.54, 1.807) is 0 Å². The van der Waals surface area contributed by atoms with Gasteiger partial charge in [-0.1, -0.05) is 0 Å². The molecular formula is C32H26N4OPt-2. The first-order chi connectivity index (χ1) is 18.6. The van der Waals surface area contributed by atoms with Crippen LogP contribution in [0.15, 0.2) is 84.9 Å². The van der Waals surface area contributed by atoms with Crippen molar-refractivity contribution in [3.63, 3.8) is 0 Å².